The first-order valence-electron chi connectivity index (χ1n) is 10.7. The lowest BCUT2D eigenvalue weighted by molar-refractivity contribution is -0.137. The molecule has 3 heterocycles. The van der Waals surface area contributed by atoms with E-state index in [1.165, 1.54) is 13.2 Å². The Morgan fingerprint density at radius 2 is 1.88 bits per heavy atom. The summed E-state index contributed by atoms with van der Waals surface area (Å²) in [5.74, 6) is 0.117. The molecule has 1 aliphatic rings. The van der Waals surface area contributed by atoms with Crippen LogP contribution in [0.1, 0.15) is 33.6 Å². The van der Waals surface area contributed by atoms with Crippen LogP contribution in [0, 0.1) is 6.92 Å². The second kappa shape index (κ2) is 9.35. The molecular weight excluding hydrogens is 433 g/mol. The van der Waals surface area contributed by atoms with Crippen molar-refractivity contribution in [2.45, 2.75) is 26.1 Å². The number of methoxy groups -OCH3 is 1. The van der Waals surface area contributed by atoms with Gasteiger partial charge in [0.1, 0.15) is 5.82 Å². The number of carbonyl (C=O) groups excluding carboxylic acids is 1. The van der Waals surface area contributed by atoms with Crippen LogP contribution in [0.2, 0.25) is 0 Å². The van der Waals surface area contributed by atoms with E-state index < -0.39 is 17.7 Å². The van der Waals surface area contributed by atoms with Gasteiger partial charge in [0.15, 0.2) is 0 Å². The molecule has 0 aliphatic carbocycles. The van der Waals surface area contributed by atoms with Gasteiger partial charge in [-0.15, -0.1) is 0 Å². The summed E-state index contributed by atoms with van der Waals surface area (Å²) in [6.45, 7) is 5.11. The van der Waals surface area contributed by atoms with Crippen molar-refractivity contribution < 1.29 is 22.7 Å². The number of pyridine rings is 2. The highest BCUT2D eigenvalue weighted by molar-refractivity contribution is 5.98. The van der Waals surface area contributed by atoms with Gasteiger partial charge in [0.25, 0.3) is 0 Å². The van der Waals surface area contributed by atoms with Crippen LogP contribution in [0.15, 0.2) is 42.6 Å². The van der Waals surface area contributed by atoms with Gasteiger partial charge in [-0.05, 0) is 37.1 Å². The van der Waals surface area contributed by atoms with Crippen LogP contribution in [0.4, 0.5) is 19.0 Å². The number of esters is 1. The highest BCUT2D eigenvalue weighted by Gasteiger charge is 2.31. The molecule has 0 amide bonds. The normalized spacial score (nSPS) is 15.5. The van der Waals surface area contributed by atoms with E-state index >= 15 is 0 Å². The van der Waals surface area contributed by atoms with E-state index in [4.69, 9.17) is 9.72 Å². The zero-order valence-corrected chi connectivity index (χ0v) is 18.5. The van der Waals surface area contributed by atoms with Crippen LogP contribution in [0.3, 0.4) is 0 Å². The van der Waals surface area contributed by atoms with Crippen molar-refractivity contribution in [3.05, 3.63) is 65.0 Å². The highest BCUT2D eigenvalue weighted by atomic mass is 19.4. The number of aryl methyl sites for hydroxylation is 1. The number of para-hydroxylation sites is 1. The molecule has 0 radical (unpaired) electrons. The fraction of sp³-hybridized carbons (Fsp3) is 0.375. The molecule has 4 rings (SSSR count). The van der Waals surface area contributed by atoms with Crippen LogP contribution in [0.25, 0.3) is 10.9 Å². The molecule has 33 heavy (non-hydrogen) atoms. The van der Waals surface area contributed by atoms with Crippen molar-refractivity contribution in [1.82, 2.24) is 14.9 Å². The monoisotopic (exact) mass is 458 g/mol. The highest BCUT2D eigenvalue weighted by Crippen LogP contribution is 2.30. The number of rotatable bonds is 4. The van der Waals surface area contributed by atoms with E-state index in [9.17, 15) is 18.0 Å². The summed E-state index contributed by atoms with van der Waals surface area (Å²) in [7, 11) is 1.36. The Morgan fingerprint density at radius 1 is 1.09 bits per heavy atom. The molecule has 0 atom stereocenters. The molecular formula is C24H25F3N4O2. The molecule has 1 aromatic carbocycles. The smallest absolute Gasteiger partial charge is 0.417 e. The average Bonchev–Trinajstić information content (AvgIpc) is 3.04. The third-order valence-electron chi connectivity index (χ3n) is 5.98. The summed E-state index contributed by atoms with van der Waals surface area (Å²) < 4.78 is 43.5. The lowest BCUT2D eigenvalue weighted by Gasteiger charge is -2.23. The number of halogens is 3. The number of benzene rings is 1. The summed E-state index contributed by atoms with van der Waals surface area (Å²) in [6, 6.07) is 10.2. The minimum Gasteiger partial charge on any atom is -0.465 e. The summed E-state index contributed by atoms with van der Waals surface area (Å²) in [6.07, 6.45) is -2.71. The maximum atomic E-state index is 12.8. The molecule has 0 saturated carbocycles. The van der Waals surface area contributed by atoms with Gasteiger partial charge in [-0.2, -0.15) is 13.2 Å². The molecule has 1 fully saturated rings. The van der Waals surface area contributed by atoms with Crippen LogP contribution < -0.4 is 4.90 Å². The third-order valence-corrected chi connectivity index (χ3v) is 5.98. The Bertz CT molecular complexity index is 1150. The van der Waals surface area contributed by atoms with Crippen molar-refractivity contribution >= 4 is 22.7 Å². The quantitative estimate of drug-likeness (QED) is 0.539. The number of fused-ring (bicyclic) bond motifs is 1. The molecule has 3 aromatic rings. The second-order valence-corrected chi connectivity index (χ2v) is 8.09. The molecule has 174 valence electrons. The summed E-state index contributed by atoms with van der Waals surface area (Å²) in [5.41, 5.74) is 2.06. The first-order chi connectivity index (χ1) is 15.8. The van der Waals surface area contributed by atoms with Gasteiger partial charge < -0.3 is 9.64 Å². The maximum absolute atomic E-state index is 12.8. The first kappa shape index (κ1) is 23.0. The third kappa shape index (κ3) is 4.93. The van der Waals surface area contributed by atoms with E-state index in [0.717, 1.165) is 41.7 Å². The number of aromatic nitrogens is 2. The van der Waals surface area contributed by atoms with Gasteiger partial charge in [0.05, 0.1) is 29.4 Å². The van der Waals surface area contributed by atoms with E-state index in [1.54, 1.807) is 0 Å². The minimum absolute atomic E-state index is 0.411. The molecule has 0 unspecified atom stereocenters. The van der Waals surface area contributed by atoms with Gasteiger partial charge in [0, 0.05) is 44.3 Å². The molecule has 6 nitrogen and oxygen atoms in total. The Kier molecular flexibility index (Phi) is 6.51. The van der Waals surface area contributed by atoms with E-state index in [-0.39, 0.29) is 0 Å². The van der Waals surface area contributed by atoms with Crippen LogP contribution >= 0.6 is 0 Å². The second-order valence-electron chi connectivity index (χ2n) is 8.09. The largest absolute Gasteiger partial charge is 0.465 e. The Balaban J connectivity index is 1.53. The minimum atomic E-state index is -4.40. The fourth-order valence-corrected chi connectivity index (χ4v) is 4.24. The molecule has 0 N–H and O–H groups in total. The number of anilines is 1. The average molecular weight is 458 g/mol. The van der Waals surface area contributed by atoms with Gasteiger partial charge in [-0.3, -0.25) is 9.88 Å². The van der Waals surface area contributed by atoms with Crippen LogP contribution in [0.5, 0.6) is 0 Å². The van der Waals surface area contributed by atoms with Crippen molar-refractivity contribution in [2.24, 2.45) is 0 Å². The number of hydrogen-bond acceptors (Lipinski definition) is 6. The van der Waals surface area contributed by atoms with Gasteiger partial charge in [0.2, 0.25) is 0 Å². The summed E-state index contributed by atoms with van der Waals surface area (Å²) >= 11 is 0. The van der Waals surface area contributed by atoms with Gasteiger partial charge in [-0.25, -0.2) is 9.78 Å². The van der Waals surface area contributed by atoms with Crippen molar-refractivity contribution in [2.75, 3.05) is 38.2 Å². The van der Waals surface area contributed by atoms with Crippen molar-refractivity contribution in [3.8, 4) is 0 Å². The van der Waals surface area contributed by atoms with Crippen LogP contribution in [-0.4, -0.2) is 54.1 Å². The van der Waals surface area contributed by atoms with Crippen LogP contribution in [-0.2, 0) is 17.5 Å². The molecule has 1 aliphatic heterocycles. The molecule has 0 bridgehead atoms. The number of carbonyl (C=O) groups is 1. The fourth-order valence-electron chi connectivity index (χ4n) is 4.24. The molecule has 1 saturated heterocycles. The Labute approximate surface area is 190 Å². The molecule has 2 aromatic heterocycles. The Morgan fingerprint density at radius 3 is 2.58 bits per heavy atom. The zero-order chi connectivity index (χ0) is 23.6. The number of hydrogen-bond donors (Lipinski definition) is 0. The summed E-state index contributed by atoms with van der Waals surface area (Å²) in [5, 5.41) is 0.914. The summed E-state index contributed by atoms with van der Waals surface area (Å²) in [4.78, 5) is 25.5. The lowest BCUT2D eigenvalue weighted by Crippen LogP contribution is -2.31. The topological polar surface area (TPSA) is 58.6 Å². The van der Waals surface area contributed by atoms with Crippen molar-refractivity contribution in [3.63, 3.8) is 0 Å². The van der Waals surface area contributed by atoms with Gasteiger partial charge >= 0.3 is 12.1 Å². The van der Waals surface area contributed by atoms with Gasteiger partial charge in [-0.1, -0.05) is 18.2 Å². The van der Waals surface area contributed by atoms with E-state index in [2.05, 4.69) is 9.88 Å². The standard InChI is InChI=1S/C24H25F3N4O2/c1-16-18-6-3-4-7-19(18)29-20(22(16)23(32)33-2)15-30-10-5-11-31(13-12-30)21-9-8-17(14-28-21)24(25,26)27/h3-4,6-9,14H,5,10-13,15H2,1-2H3. The molecule has 0 spiro atoms. The predicted octanol–water partition coefficient (Wildman–Crippen LogP) is 4.46. The first-order valence-corrected chi connectivity index (χ1v) is 10.7. The SMILES string of the molecule is COC(=O)c1c(CN2CCCN(c3ccc(C(F)(F)F)cn3)CC2)nc2ccccc2c1C. The van der Waals surface area contributed by atoms with E-state index in [0.29, 0.717) is 43.3 Å². The maximum Gasteiger partial charge on any atom is 0.417 e. The Hall–Kier alpha value is -3.20. The lowest BCUT2D eigenvalue weighted by atomic mass is 10.0. The number of nitrogens with zero attached hydrogens (tertiary/aromatic N) is 4. The predicted molar refractivity (Wildman–Crippen MR) is 119 cm³/mol. The number of ether oxygens (including phenoxy) is 1. The molecule has 9 heteroatoms. The zero-order valence-electron chi connectivity index (χ0n) is 18.5. The van der Waals surface area contributed by atoms with E-state index in [1.807, 2.05) is 36.1 Å². The number of alkyl halides is 3. The van der Waals surface area contributed by atoms with Crippen molar-refractivity contribution in [1.29, 1.82) is 0 Å².